The fraction of sp³-hybridized carbons (Fsp3) is 1.00. The summed E-state index contributed by atoms with van der Waals surface area (Å²) in [7, 11) is 1.81. The Hall–Kier alpha value is -0.120. The van der Waals surface area contributed by atoms with Crippen LogP contribution in [0.3, 0.4) is 0 Å². The molecule has 114 valence electrons. The van der Waals surface area contributed by atoms with Crippen molar-refractivity contribution in [1.29, 1.82) is 0 Å². The van der Waals surface area contributed by atoms with Crippen LogP contribution in [0, 0.1) is 5.41 Å². The Balaban J connectivity index is 2.62. The van der Waals surface area contributed by atoms with Gasteiger partial charge in [0.2, 0.25) is 0 Å². The lowest BCUT2D eigenvalue weighted by Crippen LogP contribution is -2.48. The molecule has 0 radical (unpaired) electrons. The quantitative estimate of drug-likeness (QED) is 0.850. The Bertz CT molecular complexity index is 270. The van der Waals surface area contributed by atoms with Crippen LogP contribution in [0.25, 0.3) is 0 Å². The van der Waals surface area contributed by atoms with Crippen LogP contribution < -0.4 is 5.32 Å². The number of nitrogens with zero attached hydrogens (tertiary/aromatic N) is 1. The van der Waals surface area contributed by atoms with Crippen molar-refractivity contribution in [2.75, 3.05) is 26.7 Å². The van der Waals surface area contributed by atoms with Crippen LogP contribution in [0.2, 0.25) is 0 Å². The Morgan fingerprint density at radius 3 is 2.37 bits per heavy atom. The van der Waals surface area contributed by atoms with Gasteiger partial charge in [-0.05, 0) is 45.6 Å². The summed E-state index contributed by atoms with van der Waals surface area (Å²) in [4.78, 5) is 2.64. The molecule has 0 aliphatic carbocycles. The van der Waals surface area contributed by atoms with E-state index in [2.05, 4.69) is 51.8 Å². The normalized spacial score (nSPS) is 27.3. The first-order chi connectivity index (χ1) is 8.65. The average Bonchev–Trinajstić information content (AvgIpc) is 2.48. The standard InChI is InChI=1S/C16H34N2O/c1-13-8-10-17-14(15(2,3)4)12-18(13)11-9-16(5,6)19-7/h13-14,17H,8-12H2,1-7H3. The number of ether oxygens (including phenoxy) is 1. The Morgan fingerprint density at radius 1 is 1.21 bits per heavy atom. The minimum absolute atomic E-state index is 0.0172. The third kappa shape index (κ3) is 5.41. The molecular weight excluding hydrogens is 236 g/mol. The molecule has 1 aliphatic rings. The van der Waals surface area contributed by atoms with Crippen LogP contribution in [0.4, 0.5) is 0 Å². The Kier molecular flexibility index (Phi) is 5.84. The van der Waals surface area contributed by atoms with Crippen LogP contribution in [0.1, 0.15) is 54.4 Å². The van der Waals surface area contributed by atoms with Gasteiger partial charge in [-0.1, -0.05) is 20.8 Å². The third-order valence-corrected chi connectivity index (χ3v) is 4.59. The highest BCUT2D eigenvalue weighted by atomic mass is 16.5. The smallest absolute Gasteiger partial charge is 0.0634 e. The maximum atomic E-state index is 5.55. The molecule has 1 N–H and O–H groups in total. The molecule has 1 fully saturated rings. The predicted molar refractivity (Wildman–Crippen MR) is 82.6 cm³/mol. The van der Waals surface area contributed by atoms with E-state index in [9.17, 15) is 0 Å². The van der Waals surface area contributed by atoms with E-state index in [4.69, 9.17) is 4.74 Å². The van der Waals surface area contributed by atoms with Gasteiger partial charge in [-0.2, -0.15) is 0 Å². The van der Waals surface area contributed by atoms with Gasteiger partial charge in [0.25, 0.3) is 0 Å². The first-order valence-corrected chi connectivity index (χ1v) is 7.68. The largest absolute Gasteiger partial charge is 0.379 e. The van der Waals surface area contributed by atoms with Crippen molar-refractivity contribution in [2.45, 2.75) is 72.1 Å². The SMILES string of the molecule is COC(C)(C)CCN1CC(C(C)(C)C)NCCC1C. The summed E-state index contributed by atoms with van der Waals surface area (Å²) in [5.41, 5.74) is 0.301. The van der Waals surface area contributed by atoms with E-state index in [1.54, 1.807) is 0 Å². The van der Waals surface area contributed by atoms with Crippen molar-refractivity contribution >= 4 is 0 Å². The average molecular weight is 270 g/mol. The Labute approximate surface area is 120 Å². The molecule has 1 saturated heterocycles. The number of methoxy groups -OCH3 is 1. The number of nitrogens with one attached hydrogen (secondary N) is 1. The van der Waals surface area contributed by atoms with Crippen molar-refractivity contribution in [1.82, 2.24) is 10.2 Å². The predicted octanol–water partition coefficient (Wildman–Crippen LogP) is 2.90. The molecule has 0 aromatic heterocycles. The van der Waals surface area contributed by atoms with E-state index >= 15 is 0 Å². The monoisotopic (exact) mass is 270 g/mol. The summed E-state index contributed by atoms with van der Waals surface area (Å²) >= 11 is 0. The lowest BCUT2D eigenvalue weighted by Gasteiger charge is -2.36. The van der Waals surface area contributed by atoms with Crippen molar-refractivity contribution < 1.29 is 4.74 Å². The summed E-state index contributed by atoms with van der Waals surface area (Å²) in [6.45, 7) is 17.1. The lowest BCUT2D eigenvalue weighted by molar-refractivity contribution is 0.00335. The molecule has 3 nitrogen and oxygen atoms in total. The van der Waals surface area contributed by atoms with Crippen molar-refractivity contribution in [3.8, 4) is 0 Å². The molecule has 1 heterocycles. The van der Waals surface area contributed by atoms with Gasteiger partial charge in [-0.25, -0.2) is 0 Å². The summed E-state index contributed by atoms with van der Waals surface area (Å²) in [6.07, 6.45) is 2.32. The molecule has 1 rings (SSSR count). The zero-order valence-corrected chi connectivity index (χ0v) is 14.0. The second-order valence-corrected chi connectivity index (χ2v) is 7.72. The number of hydrogen-bond acceptors (Lipinski definition) is 3. The van der Waals surface area contributed by atoms with Crippen LogP contribution in [0.15, 0.2) is 0 Å². The van der Waals surface area contributed by atoms with Crippen LogP contribution in [-0.2, 0) is 4.74 Å². The first-order valence-electron chi connectivity index (χ1n) is 7.68. The number of hydrogen-bond donors (Lipinski definition) is 1. The summed E-state index contributed by atoms with van der Waals surface area (Å²) < 4.78 is 5.55. The summed E-state index contributed by atoms with van der Waals surface area (Å²) in [5, 5.41) is 3.72. The second-order valence-electron chi connectivity index (χ2n) is 7.72. The van der Waals surface area contributed by atoms with Gasteiger partial charge < -0.3 is 10.1 Å². The first kappa shape index (κ1) is 16.9. The lowest BCUT2D eigenvalue weighted by atomic mass is 9.86. The minimum atomic E-state index is -0.0172. The summed E-state index contributed by atoms with van der Waals surface area (Å²) in [5.74, 6) is 0. The molecule has 19 heavy (non-hydrogen) atoms. The molecule has 1 aliphatic heterocycles. The number of rotatable bonds is 4. The van der Waals surface area contributed by atoms with Crippen molar-refractivity contribution in [2.24, 2.45) is 5.41 Å². The highest BCUT2D eigenvalue weighted by molar-refractivity contribution is 4.88. The van der Waals surface area contributed by atoms with Crippen LogP contribution >= 0.6 is 0 Å². The van der Waals surface area contributed by atoms with Crippen LogP contribution in [-0.4, -0.2) is 49.3 Å². The highest BCUT2D eigenvalue weighted by Crippen LogP contribution is 2.24. The minimum Gasteiger partial charge on any atom is -0.379 e. The fourth-order valence-corrected chi connectivity index (χ4v) is 2.53. The van der Waals surface area contributed by atoms with Gasteiger partial charge >= 0.3 is 0 Å². The van der Waals surface area contributed by atoms with E-state index in [0.29, 0.717) is 17.5 Å². The molecule has 0 aromatic rings. The molecule has 0 bridgehead atoms. The molecule has 2 unspecified atom stereocenters. The second kappa shape index (κ2) is 6.55. The van der Waals surface area contributed by atoms with E-state index in [1.165, 1.54) is 6.42 Å². The van der Waals surface area contributed by atoms with E-state index < -0.39 is 0 Å². The molecule has 3 heteroatoms. The van der Waals surface area contributed by atoms with Crippen molar-refractivity contribution in [3.63, 3.8) is 0 Å². The zero-order valence-electron chi connectivity index (χ0n) is 14.0. The third-order valence-electron chi connectivity index (χ3n) is 4.59. The van der Waals surface area contributed by atoms with E-state index in [-0.39, 0.29) is 5.60 Å². The van der Waals surface area contributed by atoms with E-state index in [1.807, 2.05) is 7.11 Å². The maximum Gasteiger partial charge on any atom is 0.0634 e. The topological polar surface area (TPSA) is 24.5 Å². The molecule has 0 amide bonds. The maximum absolute atomic E-state index is 5.55. The molecular formula is C16H34N2O. The van der Waals surface area contributed by atoms with Gasteiger partial charge in [-0.3, -0.25) is 4.90 Å². The van der Waals surface area contributed by atoms with Gasteiger partial charge in [0.15, 0.2) is 0 Å². The fourth-order valence-electron chi connectivity index (χ4n) is 2.53. The van der Waals surface area contributed by atoms with Gasteiger partial charge in [-0.15, -0.1) is 0 Å². The molecule has 2 atom stereocenters. The van der Waals surface area contributed by atoms with Crippen molar-refractivity contribution in [3.05, 3.63) is 0 Å². The molecule has 0 aromatic carbocycles. The summed E-state index contributed by atoms with van der Waals surface area (Å²) in [6, 6.07) is 1.23. The molecule has 0 spiro atoms. The van der Waals surface area contributed by atoms with Gasteiger partial charge in [0, 0.05) is 32.3 Å². The van der Waals surface area contributed by atoms with E-state index in [0.717, 1.165) is 26.1 Å². The van der Waals surface area contributed by atoms with Gasteiger partial charge in [0.1, 0.15) is 0 Å². The van der Waals surface area contributed by atoms with Crippen LogP contribution in [0.5, 0.6) is 0 Å². The zero-order chi connectivity index (χ0) is 14.7. The van der Waals surface area contributed by atoms with Gasteiger partial charge in [0.05, 0.1) is 5.60 Å². The highest BCUT2D eigenvalue weighted by Gasteiger charge is 2.31. The molecule has 0 saturated carbocycles. The Morgan fingerprint density at radius 2 is 1.84 bits per heavy atom.